The van der Waals surface area contributed by atoms with Crippen LogP contribution in [0.3, 0.4) is 0 Å². The van der Waals surface area contributed by atoms with Crippen LogP contribution in [-0.4, -0.2) is 31.1 Å². The minimum absolute atomic E-state index is 0.0515. The summed E-state index contributed by atoms with van der Waals surface area (Å²) in [4.78, 5) is 0.0515. The largest absolute Gasteiger partial charge is 0.381 e. The zero-order valence-electron chi connectivity index (χ0n) is 10.2. The van der Waals surface area contributed by atoms with Crippen molar-refractivity contribution in [3.05, 3.63) is 29.8 Å². The van der Waals surface area contributed by atoms with Crippen LogP contribution >= 0.6 is 10.7 Å². The predicted molar refractivity (Wildman–Crippen MR) is 75.2 cm³/mol. The molecule has 0 saturated carbocycles. The van der Waals surface area contributed by atoms with Crippen molar-refractivity contribution in [3.63, 3.8) is 0 Å². The van der Waals surface area contributed by atoms with Gasteiger partial charge >= 0.3 is 0 Å². The maximum absolute atomic E-state index is 12.2. The van der Waals surface area contributed by atoms with Gasteiger partial charge in [0.2, 0.25) is 0 Å². The highest BCUT2D eigenvalue weighted by Crippen LogP contribution is 2.20. The van der Waals surface area contributed by atoms with Crippen molar-refractivity contribution in [1.82, 2.24) is 0 Å². The van der Waals surface area contributed by atoms with Gasteiger partial charge in [-0.25, -0.2) is 8.42 Å². The molecule has 4 nitrogen and oxygen atoms in total. The lowest BCUT2D eigenvalue weighted by Gasteiger charge is -2.21. The van der Waals surface area contributed by atoms with E-state index < -0.39 is 19.9 Å². The van der Waals surface area contributed by atoms with Crippen molar-refractivity contribution < 1.29 is 17.4 Å². The SMILES string of the molecule is O=S(Cc1cccc(S(=O)(=O)Cl)c1)C1CCOCC1. The summed E-state index contributed by atoms with van der Waals surface area (Å²) in [6, 6.07) is 6.30. The molecule has 0 bridgehead atoms. The van der Waals surface area contributed by atoms with Gasteiger partial charge in [-0.05, 0) is 30.5 Å². The van der Waals surface area contributed by atoms with Crippen LogP contribution in [0.4, 0.5) is 0 Å². The van der Waals surface area contributed by atoms with E-state index >= 15 is 0 Å². The van der Waals surface area contributed by atoms with Gasteiger partial charge in [0.05, 0.1) is 4.90 Å². The van der Waals surface area contributed by atoms with E-state index in [-0.39, 0.29) is 10.1 Å². The molecule has 0 aliphatic carbocycles. The predicted octanol–water partition coefficient (Wildman–Crippen LogP) is 2.04. The molecule has 1 atom stereocenters. The van der Waals surface area contributed by atoms with Crippen molar-refractivity contribution in [2.45, 2.75) is 28.7 Å². The topological polar surface area (TPSA) is 60.4 Å². The molecule has 19 heavy (non-hydrogen) atoms. The number of hydrogen-bond donors (Lipinski definition) is 0. The fourth-order valence-corrected chi connectivity index (χ4v) is 4.29. The molecule has 7 heteroatoms. The van der Waals surface area contributed by atoms with Crippen LogP contribution < -0.4 is 0 Å². The first-order chi connectivity index (χ1) is 8.97. The maximum Gasteiger partial charge on any atom is 0.261 e. The lowest BCUT2D eigenvalue weighted by molar-refractivity contribution is 0.0992. The Morgan fingerprint density at radius 1 is 1.32 bits per heavy atom. The Kier molecular flexibility index (Phi) is 5.00. The minimum Gasteiger partial charge on any atom is -0.381 e. The Hall–Kier alpha value is -0.430. The molecule has 1 unspecified atom stereocenters. The molecule has 1 fully saturated rings. The summed E-state index contributed by atoms with van der Waals surface area (Å²) < 4.78 is 39.9. The average Bonchev–Trinajstić information content (AvgIpc) is 2.39. The molecule has 1 saturated heterocycles. The first-order valence-corrected chi connectivity index (χ1v) is 9.64. The van der Waals surface area contributed by atoms with E-state index in [9.17, 15) is 12.6 Å². The fraction of sp³-hybridized carbons (Fsp3) is 0.500. The maximum atomic E-state index is 12.2. The summed E-state index contributed by atoms with van der Waals surface area (Å²) in [5.74, 6) is 0.352. The fourth-order valence-electron chi connectivity index (χ4n) is 2.01. The van der Waals surface area contributed by atoms with E-state index in [1.54, 1.807) is 12.1 Å². The molecule has 0 N–H and O–H groups in total. The number of benzene rings is 1. The second kappa shape index (κ2) is 6.35. The summed E-state index contributed by atoms with van der Waals surface area (Å²) in [7, 11) is 0.552. The summed E-state index contributed by atoms with van der Waals surface area (Å²) in [5.41, 5.74) is 0.728. The highest BCUT2D eigenvalue weighted by atomic mass is 35.7. The standard InChI is InChI=1S/C12H15ClO4S2/c13-19(15,16)12-3-1-2-10(8-12)9-18(14)11-4-6-17-7-5-11/h1-3,8,11H,4-7,9H2. The van der Waals surface area contributed by atoms with Gasteiger partial charge in [0, 0.05) is 45.7 Å². The molecule has 1 aromatic rings. The highest BCUT2D eigenvalue weighted by Gasteiger charge is 2.20. The highest BCUT2D eigenvalue weighted by molar-refractivity contribution is 8.13. The van der Waals surface area contributed by atoms with Crippen LogP contribution in [-0.2, 0) is 30.3 Å². The molecule has 0 spiro atoms. The van der Waals surface area contributed by atoms with Gasteiger partial charge in [-0.3, -0.25) is 4.21 Å². The molecule has 1 aromatic carbocycles. The summed E-state index contributed by atoms with van der Waals surface area (Å²) >= 11 is 0. The number of rotatable bonds is 4. The van der Waals surface area contributed by atoms with Crippen LogP contribution in [0.25, 0.3) is 0 Å². The van der Waals surface area contributed by atoms with Gasteiger partial charge in [0.1, 0.15) is 0 Å². The lowest BCUT2D eigenvalue weighted by Crippen LogP contribution is -2.25. The van der Waals surface area contributed by atoms with Crippen molar-refractivity contribution in [3.8, 4) is 0 Å². The first-order valence-electron chi connectivity index (χ1n) is 5.95. The minimum atomic E-state index is -3.73. The van der Waals surface area contributed by atoms with E-state index in [1.807, 2.05) is 0 Å². The van der Waals surface area contributed by atoms with Crippen molar-refractivity contribution in [1.29, 1.82) is 0 Å². The van der Waals surface area contributed by atoms with Gasteiger partial charge in [-0.1, -0.05) is 12.1 Å². The summed E-state index contributed by atoms with van der Waals surface area (Å²) in [5, 5.41) is 0.130. The van der Waals surface area contributed by atoms with E-state index in [4.69, 9.17) is 15.4 Å². The quantitative estimate of drug-likeness (QED) is 0.796. The molecule has 1 aliphatic rings. The number of ether oxygens (including phenoxy) is 1. The Morgan fingerprint density at radius 2 is 2.00 bits per heavy atom. The van der Waals surface area contributed by atoms with Crippen LogP contribution in [0.15, 0.2) is 29.2 Å². The normalized spacial score (nSPS) is 19.2. The molecule has 0 aromatic heterocycles. The zero-order valence-corrected chi connectivity index (χ0v) is 12.6. The van der Waals surface area contributed by atoms with Gasteiger partial charge < -0.3 is 4.74 Å². The van der Waals surface area contributed by atoms with Gasteiger partial charge in [-0.15, -0.1) is 0 Å². The van der Waals surface area contributed by atoms with Crippen molar-refractivity contribution in [2.24, 2.45) is 0 Å². The van der Waals surface area contributed by atoms with Crippen LogP contribution in [0.5, 0.6) is 0 Å². The summed E-state index contributed by atoms with van der Waals surface area (Å²) in [6.07, 6.45) is 1.58. The second-order valence-corrected chi connectivity index (χ2v) is 8.70. The van der Waals surface area contributed by atoms with Crippen LogP contribution in [0.1, 0.15) is 18.4 Å². The van der Waals surface area contributed by atoms with E-state index in [0.717, 1.165) is 18.4 Å². The van der Waals surface area contributed by atoms with E-state index in [1.165, 1.54) is 12.1 Å². The second-order valence-electron chi connectivity index (χ2n) is 4.42. The number of halogens is 1. The van der Waals surface area contributed by atoms with Gasteiger partial charge in [0.25, 0.3) is 9.05 Å². The molecular formula is C12H15ClO4S2. The van der Waals surface area contributed by atoms with Gasteiger partial charge in [-0.2, -0.15) is 0 Å². The van der Waals surface area contributed by atoms with Gasteiger partial charge in [0.15, 0.2) is 0 Å². The van der Waals surface area contributed by atoms with Crippen molar-refractivity contribution >= 4 is 30.5 Å². The third kappa shape index (κ3) is 4.27. The average molecular weight is 323 g/mol. The Bertz CT molecular complexity index is 565. The van der Waals surface area contributed by atoms with E-state index in [2.05, 4.69) is 0 Å². The number of hydrogen-bond acceptors (Lipinski definition) is 4. The Balaban J connectivity index is 2.08. The monoisotopic (exact) mass is 322 g/mol. The molecule has 1 heterocycles. The Morgan fingerprint density at radius 3 is 2.63 bits per heavy atom. The molecule has 0 radical (unpaired) electrons. The molecule has 2 rings (SSSR count). The third-order valence-electron chi connectivity index (χ3n) is 3.03. The lowest BCUT2D eigenvalue weighted by atomic mass is 10.2. The zero-order chi connectivity index (χ0) is 13.9. The molecule has 1 aliphatic heterocycles. The van der Waals surface area contributed by atoms with Crippen LogP contribution in [0.2, 0.25) is 0 Å². The van der Waals surface area contributed by atoms with E-state index in [0.29, 0.717) is 19.0 Å². The Labute approximate surface area is 120 Å². The van der Waals surface area contributed by atoms with Crippen LogP contribution in [0, 0.1) is 0 Å². The first kappa shape index (κ1) is 15.0. The summed E-state index contributed by atoms with van der Waals surface area (Å²) in [6.45, 7) is 1.29. The molecule has 0 amide bonds. The third-order valence-corrected chi connectivity index (χ3v) is 6.21. The smallest absolute Gasteiger partial charge is 0.261 e. The molecular weight excluding hydrogens is 308 g/mol. The molecule has 106 valence electrons. The van der Waals surface area contributed by atoms with Crippen molar-refractivity contribution in [2.75, 3.05) is 13.2 Å².